The summed E-state index contributed by atoms with van der Waals surface area (Å²) in [6.45, 7) is 0.571. The van der Waals surface area contributed by atoms with Gasteiger partial charge in [0.25, 0.3) is 0 Å². The number of aryl methyl sites for hydroxylation is 1. The highest BCUT2D eigenvalue weighted by Crippen LogP contribution is 2.24. The Morgan fingerprint density at radius 1 is 1.30 bits per heavy atom. The lowest BCUT2D eigenvalue weighted by atomic mass is 10.1. The number of nitrogens with zero attached hydrogens (tertiary/aromatic N) is 2. The Morgan fingerprint density at radius 3 is 2.70 bits per heavy atom. The van der Waals surface area contributed by atoms with Gasteiger partial charge in [0.2, 0.25) is 5.91 Å². The van der Waals surface area contributed by atoms with E-state index in [1.807, 2.05) is 0 Å². The van der Waals surface area contributed by atoms with Gasteiger partial charge in [0.15, 0.2) is 0 Å². The first-order valence-electron chi connectivity index (χ1n) is 6.20. The van der Waals surface area contributed by atoms with Gasteiger partial charge < -0.3 is 5.32 Å². The van der Waals surface area contributed by atoms with Crippen LogP contribution in [0.5, 0.6) is 0 Å². The predicted octanol–water partition coefficient (Wildman–Crippen LogP) is 2.40. The largest absolute Gasteiger partial charge is 0.356 e. The Hall–Kier alpha value is -1.59. The highest BCUT2D eigenvalue weighted by molar-refractivity contribution is 6.36. The molecule has 0 atom stereocenters. The van der Waals surface area contributed by atoms with E-state index in [1.165, 1.54) is 6.33 Å². The van der Waals surface area contributed by atoms with Gasteiger partial charge in [-0.2, -0.15) is 5.10 Å². The second-order valence-electron chi connectivity index (χ2n) is 4.26. The van der Waals surface area contributed by atoms with Gasteiger partial charge in [0.1, 0.15) is 12.2 Å². The van der Waals surface area contributed by atoms with Crippen molar-refractivity contribution in [3.63, 3.8) is 0 Å². The number of aromatic nitrogens is 3. The highest BCUT2D eigenvalue weighted by atomic mass is 35.5. The van der Waals surface area contributed by atoms with Crippen LogP contribution < -0.4 is 5.32 Å². The number of amides is 1. The second kappa shape index (κ2) is 7.26. The van der Waals surface area contributed by atoms with Crippen LogP contribution in [0.1, 0.15) is 17.8 Å². The van der Waals surface area contributed by atoms with Gasteiger partial charge in [0, 0.05) is 23.0 Å². The van der Waals surface area contributed by atoms with E-state index in [-0.39, 0.29) is 12.3 Å². The van der Waals surface area contributed by atoms with E-state index in [0.717, 1.165) is 18.7 Å². The van der Waals surface area contributed by atoms with E-state index in [9.17, 15) is 4.79 Å². The number of hydrogen-bond acceptors (Lipinski definition) is 3. The molecule has 0 aliphatic carbocycles. The first-order chi connectivity index (χ1) is 9.66. The van der Waals surface area contributed by atoms with Crippen molar-refractivity contribution in [2.24, 2.45) is 0 Å². The topological polar surface area (TPSA) is 70.7 Å². The van der Waals surface area contributed by atoms with E-state index in [4.69, 9.17) is 23.2 Å². The third-order valence-corrected chi connectivity index (χ3v) is 3.48. The van der Waals surface area contributed by atoms with Crippen molar-refractivity contribution >= 4 is 29.1 Å². The molecule has 0 unspecified atom stereocenters. The molecule has 1 aromatic carbocycles. The van der Waals surface area contributed by atoms with Crippen LogP contribution in [0.4, 0.5) is 0 Å². The van der Waals surface area contributed by atoms with Crippen molar-refractivity contribution in [3.05, 3.63) is 46.0 Å². The molecule has 1 amide bonds. The first kappa shape index (κ1) is 14.8. The summed E-state index contributed by atoms with van der Waals surface area (Å²) in [6, 6.07) is 5.20. The summed E-state index contributed by atoms with van der Waals surface area (Å²) in [6.07, 6.45) is 3.18. The summed E-state index contributed by atoms with van der Waals surface area (Å²) >= 11 is 12.0. The van der Waals surface area contributed by atoms with Gasteiger partial charge in [-0.05, 0) is 24.1 Å². The molecular formula is C13H14Cl2N4O. The third kappa shape index (κ3) is 4.21. The number of carbonyl (C=O) groups is 1. The molecule has 0 saturated heterocycles. The minimum Gasteiger partial charge on any atom is -0.356 e. The summed E-state index contributed by atoms with van der Waals surface area (Å²) < 4.78 is 0. The molecule has 0 aliphatic heterocycles. The monoisotopic (exact) mass is 312 g/mol. The maximum atomic E-state index is 11.8. The molecule has 0 spiro atoms. The van der Waals surface area contributed by atoms with Crippen molar-refractivity contribution in [2.75, 3.05) is 6.54 Å². The molecule has 0 bridgehead atoms. The minimum absolute atomic E-state index is 0.0995. The van der Waals surface area contributed by atoms with Crippen molar-refractivity contribution < 1.29 is 4.79 Å². The molecule has 5 nitrogen and oxygen atoms in total. The van der Waals surface area contributed by atoms with Crippen LogP contribution in [0.15, 0.2) is 24.5 Å². The fourth-order valence-electron chi connectivity index (χ4n) is 1.76. The van der Waals surface area contributed by atoms with Crippen molar-refractivity contribution in [1.29, 1.82) is 0 Å². The number of halogens is 2. The molecule has 0 fully saturated rings. The summed E-state index contributed by atoms with van der Waals surface area (Å²) in [5.74, 6) is 0.714. The number of benzene rings is 1. The molecule has 1 aromatic heterocycles. The number of aromatic amines is 1. The normalized spacial score (nSPS) is 10.5. The van der Waals surface area contributed by atoms with E-state index >= 15 is 0 Å². The molecule has 2 N–H and O–H groups in total. The van der Waals surface area contributed by atoms with E-state index < -0.39 is 0 Å². The lowest BCUT2D eigenvalue weighted by Crippen LogP contribution is -2.26. The van der Waals surface area contributed by atoms with Gasteiger partial charge in [0.05, 0.1) is 6.42 Å². The Kier molecular flexibility index (Phi) is 5.38. The SMILES string of the molecule is O=C(Cc1c(Cl)cccc1Cl)NCCCc1ncn[nH]1. The van der Waals surface area contributed by atoms with Crippen molar-refractivity contribution in [3.8, 4) is 0 Å². The lowest BCUT2D eigenvalue weighted by molar-refractivity contribution is -0.120. The Balaban J connectivity index is 1.75. The van der Waals surface area contributed by atoms with Crippen LogP contribution in [0.2, 0.25) is 10.0 Å². The van der Waals surface area contributed by atoms with Crippen LogP contribution in [0, 0.1) is 0 Å². The molecule has 2 aromatic rings. The standard InChI is InChI=1S/C13H14Cl2N4O/c14-10-3-1-4-11(15)9(10)7-13(20)16-6-2-5-12-17-8-18-19-12/h1,3-4,8H,2,5-7H2,(H,16,20)(H,17,18,19). The van der Waals surface area contributed by atoms with E-state index in [1.54, 1.807) is 18.2 Å². The summed E-state index contributed by atoms with van der Waals surface area (Å²) in [4.78, 5) is 15.8. The molecule has 106 valence electrons. The smallest absolute Gasteiger partial charge is 0.224 e. The number of carbonyl (C=O) groups excluding carboxylic acids is 1. The predicted molar refractivity (Wildman–Crippen MR) is 77.9 cm³/mol. The van der Waals surface area contributed by atoms with E-state index in [0.29, 0.717) is 22.2 Å². The van der Waals surface area contributed by atoms with Crippen molar-refractivity contribution in [2.45, 2.75) is 19.3 Å². The molecule has 2 rings (SSSR count). The summed E-state index contributed by atoms with van der Waals surface area (Å²) in [7, 11) is 0. The van der Waals surface area contributed by atoms with Gasteiger partial charge in [-0.3, -0.25) is 9.89 Å². The molecular weight excluding hydrogens is 299 g/mol. The Labute approximate surface area is 126 Å². The van der Waals surface area contributed by atoms with Crippen LogP contribution in [-0.2, 0) is 17.6 Å². The van der Waals surface area contributed by atoms with Crippen LogP contribution >= 0.6 is 23.2 Å². The van der Waals surface area contributed by atoms with Gasteiger partial charge in [-0.15, -0.1) is 0 Å². The quantitative estimate of drug-likeness (QED) is 0.805. The average Bonchev–Trinajstić information content (AvgIpc) is 2.92. The summed E-state index contributed by atoms with van der Waals surface area (Å²) in [5, 5.41) is 10.4. The number of rotatable bonds is 6. The van der Waals surface area contributed by atoms with Gasteiger partial charge >= 0.3 is 0 Å². The van der Waals surface area contributed by atoms with Crippen LogP contribution in [0.3, 0.4) is 0 Å². The molecule has 0 radical (unpaired) electrons. The Bertz CT molecular complexity index is 552. The fraction of sp³-hybridized carbons (Fsp3) is 0.308. The lowest BCUT2D eigenvalue weighted by Gasteiger charge is -2.07. The zero-order valence-corrected chi connectivity index (χ0v) is 12.2. The molecule has 7 heteroatoms. The maximum Gasteiger partial charge on any atom is 0.224 e. The minimum atomic E-state index is -0.0995. The number of hydrogen-bond donors (Lipinski definition) is 2. The number of H-pyrrole nitrogens is 1. The fourth-order valence-corrected chi connectivity index (χ4v) is 2.29. The maximum absolute atomic E-state index is 11.8. The zero-order chi connectivity index (χ0) is 14.4. The third-order valence-electron chi connectivity index (χ3n) is 2.78. The summed E-state index contributed by atoms with van der Waals surface area (Å²) in [5.41, 5.74) is 0.656. The van der Waals surface area contributed by atoms with Crippen molar-refractivity contribution in [1.82, 2.24) is 20.5 Å². The average molecular weight is 313 g/mol. The number of nitrogens with one attached hydrogen (secondary N) is 2. The Morgan fingerprint density at radius 2 is 2.05 bits per heavy atom. The van der Waals surface area contributed by atoms with Gasteiger partial charge in [-0.1, -0.05) is 29.3 Å². The van der Waals surface area contributed by atoms with Crippen LogP contribution in [0.25, 0.3) is 0 Å². The molecule has 0 saturated carbocycles. The first-order valence-corrected chi connectivity index (χ1v) is 6.96. The van der Waals surface area contributed by atoms with Crippen LogP contribution in [-0.4, -0.2) is 27.6 Å². The second-order valence-corrected chi connectivity index (χ2v) is 5.08. The molecule has 20 heavy (non-hydrogen) atoms. The highest BCUT2D eigenvalue weighted by Gasteiger charge is 2.10. The molecule has 1 heterocycles. The van der Waals surface area contributed by atoms with Gasteiger partial charge in [-0.25, -0.2) is 4.98 Å². The zero-order valence-electron chi connectivity index (χ0n) is 10.7. The molecule has 0 aliphatic rings. The van der Waals surface area contributed by atoms with E-state index in [2.05, 4.69) is 20.5 Å².